The molecule has 0 aromatic carbocycles. The molecule has 1 saturated carbocycles. The molecule has 1 rings (SSSR count). The van der Waals surface area contributed by atoms with Gasteiger partial charge in [0.15, 0.2) is 0 Å². The van der Waals surface area contributed by atoms with Crippen LogP contribution < -0.4 is 0 Å². The lowest BCUT2D eigenvalue weighted by Gasteiger charge is -2.23. The van der Waals surface area contributed by atoms with E-state index < -0.39 is 0 Å². The number of hydrogen-bond donors (Lipinski definition) is 1. The van der Waals surface area contributed by atoms with Gasteiger partial charge in [-0.05, 0) is 30.6 Å². The van der Waals surface area contributed by atoms with E-state index >= 15 is 0 Å². The average molecular weight is 271 g/mol. The van der Waals surface area contributed by atoms with Crippen LogP contribution in [0.2, 0.25) is 0 Å². The van der Waals surface area contributed by atoms with Crippen LogP contribution >= 0.6 is 0 Å². The van der Waals surface area contributed by atoms with Gasteiger partial charge in [-0.3, -0.25) is 0 Å². The van der Waals surface area contributed by atoms with Gasteiger partial charge in [-0.1, -0.05) is 79.6 Å². The zero-order chi connectivity index (χ0) is 14.7. The Labute approximate surface area is 122 Å². The fourth-order valence-corrected chi connectivity index (χ4v) is 2.93. The summed E-state index contributed by atoms with van der Waals surface area (Å²) < 4.78 is 0. The van der Waals surface area contributed by atoms with E-state index in [4.69, 9.17) is 0 Å². The highest BCUT2D eigenvalue weighted by Gasteiger charge is 2.15. The molecule has 1 aliphatic rings. The van der Waals surface area contributed by atoms with Gasteiger partial charge in [0.25, 0.3) is 0 Å². The smallest absolute Gasteiger partial charge is 0.0563 e. The number of aliphatic hydroxyl groups is 1. The van der Waals surface area contributed by atoms with E-state index in [1.807, 2.05) is 13.8 Å². The Hall–Kier alpha value is -0.0400. The molecule has 1 N–H and O–H groups in total. The molecule has 0 radical (unpaired) electrons. The predicted octanol–water partition coefficient (Wildman–Crippen LogP) is 5.81. The molecule has 1 heteroatoms. The molecule has 0 saturated heterocycles. The van der Waals surface area contributed by atoms with Gasteiger partial charge in [-0.2, -0.15) is 0 Å². The maximum absolute atomic E-state index is 9.79. The summed E-state index contributed by atoms with van der Waals surface area (Å²) in [6.07, 6.45) is 12.2. The van der Waals surface area contributed by atoms with Gasteiger partial charge in [0.1, 0.15) is 0 Å². The molecule has 0 bridgehead atoms. The Bertz CT molecular complexity index is 182. The van der Waals surface area contributed by atoms with Crippen molar-refractivity contribution in [2.45, 2.75) is 98.5 Å². The van der Waals surface area contributed by atoms with Crippen LogP contribution in [-0.2, 0) is 0 Å². The average Bonchev–Trinajstić information content (AvgIpc) is 2.45. The van der Waals surface area contributed by atoms with Crippen molar-refractivity contribution in [2.75, 3.05) is 0 Å². The van der Waals surface area contributed by atoms with Crippen molar-refractivity contribution < 1.29 is 5.11 Å². The Morgan fingerprint density at radius 2 is 1.47 bits per heavy atom. The van der Waals surface area contributed by atoms with Gasteiger partial charge in [-0.25, -0.2) is 0 Å². The standard InChI is InChI=1S/C16H32O.C2H6/c1-13(2)16(17)12-10-14(3)9-11-15-7-5-4-6-8-15;1-2/h13-17H,4-12H2,1-3H3;1-2H3. The minimum absolute atomic E-state index is 0.0906. The highest BCUT2D eigenvalue weighted by molar-refractivity contribution is 4.68. The predicted molar refractivity (Wildman–Crippen MR) is 86.4 cm³/mol. The summed E-state index contributed by atoms with van der Waals surface area (Å²) in [6, 6.07) is 0. The lowest BCUT2D eigenvalue weighted by Crippen LogP contribution is -2.16. The fourth-order valence-electron chi connectivity index (χ4n) is 2.93. The van der Waals surface area contributed by atoms with Crippen molar-refractivity contribution in [3.63, 3.8) is 0 Å². The summed E-state index contributed by atoms with van der Waals surface area (Å²) in [4.78, 5) is 0. The van der Waals surface area contributed by atoms with Gasteiger partial charge in [0.05, 0.1) is 6.10 Å². The Kier molecular flexibility index (Phi) is 11.7. The highest BCUT2D eigenvalue weighted by Crippen LogP contribution is 2.29. The van der Waals surface area contributed by atoms with Crippen molar-refractivity contribution in [2.24, 2.45) is 17.8 Å². The largest absolute Gasteiger partial charge is 0.393 e. The molecule has 0 spiro atoms. The third kappa shape index (κ3) is 9.49. The minimum atomic E-state index is -0.0906. The first-order valence-electron chi connectivity index (χ1n) is 8.77. The van der Waals surface area contributed by atoms with E-state index in [2.05, 4.69) is 20.8 Å². The molecular formula is C18H38O. The van der Waals surface area contributed by atoms with Crippen LogP contribution in [0.25, 0.3) is 0 Å². The summed E-state index contributed by atoms with van der Waals surface area (Å²) in [5, 5.41) is 9.79. The van der Waals surface area contributed by atoms with Crippen LogP contribution in [0, 0.1) is 17.8 Å². The highest BCUT2D eigenvalue weighted by atomic mass is 16.3. The number of hydrogen-bond acceptors (Lipinski definition) is 1. The van der Waals surface area contributed by atoms with Crippen molar-refractivity contribution in [3.05, 3.63) is 0 Å². The van der Waals surface area contributed by atoms with Gasteiger partial charge >= 0.3 is 0 Å². The van der Waals surface area contributed by atoms with Crippen molar-refractivity contribution in [3.8, 4) is 0 Å². The number of aliphatic hydroxyl groups excluding tert-OH is 1. The van der Waals surface area contributed by atoms with Crippen LogP contribution in [0.4, 0.5) is 0 Å². The fraction of sp³-hybridized carbons (Fsp3) is 1.00. The van der Waals surface area contributed by atoms with E-state index in [0.29, 0.717) is 5.92 Å². The first kappa shape index (κ1) is 19.0. The van der Waals surface area contributed by atoms with Crippen LogP contribution in [0.5, 0.6) is 0 Å². The summed E-state index contributed by atoms with van der Waals surface area (Å²) >= 11 is 0. The van der Waals surface area contributed by atoms with Crippen molar-refractivity contribution in [1.29, 1.82) is 0 Å². The molecular weight excluding hydrogens is 232 g/mol. The second-order valence-electron chi connectivity index (χ2n) is 6.58. The summed E-state index contributed by atoms with van der Waals surface area (Å²) in [6.45, 7) is 10.6. The van der Waals surface area contributed by atoms with Crippen LogP contribution in [-0.4, -0.2) is 11.2 Å². The van der Waals surface area contributed by atoms with Crippen LogP contribution in [0.3, 0.4) is 0 Å². The van der Waals surface area contributed by atoms with Crippen molar-refractivity contribution >= 4 is 0 Å². The molecule has 0 aliphatic heterocycles. The Morgan fingerprint density at radius 3 is 2.00 bits per heavy atom. The van der Waals surface area contributed by atoms with Gasteiger partial charge in [0, 0.05) is 0 Å². The zero-order valence-electron chi connectivity index (χ0n) is 14.1. The topological polar surface area (TPSA) is 20.2 Å². The van der Waals surface area contributed by atoms with Gasteiger partial charge in [0.2, 0.25) is 0 Å². The minimum Gasteiger partial charge on any atom is -0.393 e. The van der Waals surface area contributed by atoms with E-state index in [1.54, 1.807) is 0 Å². The lowest BCUT2D eigenvalue weighted by molar-refractivity contribution is 0.108. The molecule has 0 amide bonds. The molecule has 1 aliphatic carbocycles. The molecule has 2 unspecified atom stereocenters. The number of rotatable bonds is 7. The maximum Gasteiger partial charge on any atom is 0.0563 e. The zero-order valence-corrected chi connectivity index (χ0v) is 14.1. The molecule has 1 nitrogen and oxygen atoms in total. The maximum atomic E-state index is 9.79. The summed E-state index contributed by atoms with van der Waals surface area (Å²) in [7, 11) is 0. The Morgan fingerprint density at radius 1 is 0.895 bits per heavy atom. The van der Waals surface area contributed by atoms with E-state index in [-0.39, 0.29) is 6.10 Å². The molecule has 0 aromatic rings. The van der Waals surface area contributed by atoms with E-state index in [0.717, 1.165) is 18.3 Å². The molecule has 0 heterocycles. The van der Waals surface area contributed by atoms with E-state index in [1.165, 1.54) is 51.4 Å². The first-order chi connectivity index (χ1) is 9.09. The summed E-state index contributed by atoms with van der Waals surface area (Å²) in [5.74, 6) is 2.23. The first-order valence-corrected chi connectivity index (χ1v) is 8.77. The van der Waals surface area contributed by atoms with Crippen LogP contribution in [0.1, 0.15) is 92.4 Å². The molecule has 0 aromatic heterocycles. The third-order valence-corrected chi connectivity index (χ3v) is 4.52. The van der Waals surface area contributed by atoms with Gasteiger partial charge in [-0.15, -0.1) is 0 Å². The normalized spacial score (nSPS) is 19.7. The van der Waals surface area contributed by atoms with E-state index in [9.17, 15) is 5.11 Å². The quantitative estimate of drug-likeness (QED) is 0.619. The lowest BCUT2D eigenvalue weighted by atomic mass is 9.83. The molecule has 19 heavy (non-hydrogen) atoms. The molecule has 116 valence electrons. The van der Waals surface area contributed by atoms with Crippen LogP contribution in [0.15, 0.2) is 0 Å². The molecule has 2 atom stereocenters. The SMILES string of the molecule is CC.CC(CCC1CCCCC1)CCC(O)C(C)C. The van der Waals surface area contributed by atoms with Crippen molar-refractivity contribution in [1.82, 2.24) is 0 Å². The third-order valence-electron chi connectivity index (χ3n) is 4.52. The molecule has 1 fully saturated rings. The second-order valence-corrected chi connectivity index (χ2v) is 6.58. The van der Waals surface area contributed by atoms with Gasteiger partial charge < -0.3 is 5.11 Å². The monoisotopic (exact) mass is 270 g/mol. The summed E-state index contributed by atoms with van der Waals surface area (Å²) in [5.41, 5.74) is 0. The second kappa shape index (κ2) is 11.8. The Balaban J connectivity index is 0.00000154.